The minimum Gasteiger partial charge on any atom is -0.489 e. The lowest BCUT2D eigenvalue weighted by molar-refractivity contribution is 0.155. The van der Waals surface area contributed by atoms with Gasteiger partial charge in [-0.15, -0.1) is 0 Å². The van der Waals surface area contributed by atoms with E-state index in [-0.39, 0.29) is 11.6 Å². The number of ether oxygens (including phenoxy) is 1. The van der Waals surface area contributed by atoms with Crippen molar-refractivity contribution in [2.45, 2.75) is 32.0 Å². The maximum absolute atomic E-state index is 13.9. The molecule has 0 fully saturated rings. The molecule has 21 heavy (non-hydrogen) atoms. The van der Waals surface area contributed by atoms with Crippen LogP contribution in [-0.4, -0.2) is 5.11 Å². The standard InChI is InChI=1S/C17H16ClFO2/c18-14-7-1-4-11(17(14)19)10-21-16-9-3-5-12-13(16)6-2-8-15(12)20/h1,3-5,7,9,15,20H,2,6,8,10H2. The van der Waals surface area contributed by atoms with E-state index in [0.717, 1.165) is 30.4 Å². The zero-order chi connectivity index (χ0) is 14.8. The van der Waals surface area contributed by atoms with Gasteiger partial charge >= 0.3 is 0 Å². The predicted molar refractivity (Wildman–Crippen MR) is 80.1 cm³/mol. The molecule has 1 unspecified atom stereocenters. The minimum atomic E-state index is -0.441. The predicted octanol–water partition coefficient (Wildman–Crippen LogP) is 4.43. The van der Waals surface area contributed by atoms with Crippen LogP contribution in [0.15, 0.2) is 36.4 Å². The van der Waals surface area contributed by atoms with Crippen LogP contribution in [0.3, 0.4) is 0 Å². The fraction of sp³-hybridized carbons (Fsp3) is 0.294. The first-order valence-electron chi connectivity index (χ1n) is 7.02. The minimum absolute atomic E-state index is 0.0987. The summed E-state index contributed by atoms with van der Waals surface area (Å²) in [5.41, 5.74) is 2.38. The summed E-state index contributed by atoms with van der Waals surface area (Å²) in [6.45, 7) is 0.124. The topological polar surface area (TPSA) is 29.5 Å². The van der Waals surface area contributed by atoms with Crippen LogP contribution in [0.25, 0.3) is 0 Å². The van der Waals surface area contributed by atoms with Crippen LogP contribution in [0.4, 0.5) is 4.39 Å². The first kappa shape index (κ1) is 14.4. The molecule has 1 N–H and O–H groups in total. The van der Waals surface area contributed by atoms with E-state index in [1.54, 1.807) is 12.1 Å². The van der Waals surface area contributed by atoms with Crippen LogP contribution in [-0.2, 0) is 13.0 Å². The van der Waals surface area contributed by atoms with Gasteiger partial charge in [-0.2, -0.15) is 0 Å². The fourth-order valence-electron chi connectivity index (χ4n) is 2.74. The molecule has 0 amide bonds. The third-order valence-electron chi connectivity index (χ3n) is 3.85. The summed E-state index contributed by atoms with van der Waals surface area (Å²) >= 11 is 5.77. The summed E-state index contributed by atoms with van der Waals surface area (Å²) in [6, 6.07) is 10.5. The zero-order valence-corrected chi connectivity index (χ0v) is 12.2. The average Bonchev–Trinajstić information content (AvgIpc) is 2.49. The van der Waals surface area contributed by atoms with Crippen molar-refractivity contribution in [3.63, 3.8) is 0 Å². The first-order valence-corrected chi connectivity index (χ1v) is 7.40. The highest BCUT2D eigenvalue weighted by atomic mass is 35.5. The average molecular weight is 307 g/mol. The summed E-state index contributed by atoms with van der Waals surface area (Å²) in [5.74, 6) is 0.273. The third-order valence-corrected chi connectivity index (χ3v) is 4.14. The van der Waals surface area contributed by atoms with Crippen molar-refractivity contribution >= 4 is 11.6 Å². The van der Waals surface area contributed by atoms with Crippen molar-refractivity contribution in [2.24, 2.45) is 0 Å². The van der Waals surface area contributed by atoms with Crippen molar-refractivity contribution in [1.82, 2.24) is 0 Å². The molecule has 2 aromatic carbocycles. The Bertz CT molecular complexity index is 657. The molecule has 1 aliphatic carbocycles. The number of fused-ring (bicyclic) bond motifs is 1. The van der Waals surface area contributed by atoms with Crippen LogP contribution in [0, 0.1) is 5.82 Å². The molecule has 3 rings (SSSR count). The summed E-state index contributed by atoms with van der Waals surface area (Å²) in [5, 5.41) is 10.1. The van der Waals surface area contributed by atoms with Crippen LogP contribution in [0.1, 0.15) is 35.6 Å². The Morgan fingerprint density at radius 3 is 2.90 bits per heavy atom. The Balaban J connectivity index is 1.83. The van der Waals surface area contributed by atoms with Crippen molar-refractivity contribution < 1.29 is 14.2 Å². The molecule has 0 saturated heterocycles. The van der Waals surface area contributed by atoms with Crippen LogP contribution >= 0.6 is 11.6 Å². The number of hydrogen-bond acceptors (Lipinski definition) is 2. The van der Waals surface area contributed by atoms with Gasteiger partial charge in [0.15, 0.2) is 0 Å². The second-order valence-electron chi connectivity index (χ2n) is 5.23. The van der Waals surface area contributed by atoms with Crippen molar-refractivity contribution in [1.29, 1.82) is 0 Å². The van der Waals surface area contributed by atoms with Gasteiger partial charge in [0.1, 0.15) is 18.2 Å². The number of halogens is 2. The van der Waals surface area contributed by atoms with Gasteiger partial charge in [-0.3, -0.25) is 0 Å². The monoisotopic (exact) mass is 306 g/mol. The summed E-state index contributed by atoms with van der Waals surface area (Å²) in [7, 11) is 0. The first-order chi connectivity index (χ1) is 10.2. The summed E-state index contributed by atoms with van der Waals surface area (Å²) < 4.78 is 19.6. The van der Waals surface area contributed by atoms with Gasteiger partial charge in [-0.05, 0) is 42.5 Å². The van der Waals surface area contributed by atoms with Gasteiger partial charge in [0.05, 0.1) is 11.1 Å². The summed E-state index contributed by atoms with van der Waals surface area (Å²) in [6.07, 6.45) is 2.15. The highest BCUT2D eigenvalue weighted by Gasteiger charge is 2.21. The van der Waals surface area contributed by atoms with E-state index in [2.05, 4.69) is 0 Å². The van der Waals surface area contributed by atoms with E-state index in [9.17, 15) is 9.50 Å². The van der Waals surface area contributed by atoms with Crippen molar-refractivity contribution in [3.8, 4) is 5.75 Å². The molecule has 0 aromatic heterocycles. The van der Waals surface area contributed by atoms with E-state index in [4.69, 9.17) is 16.3 Å². The molecule has 110 valence electrons. The Morgan fingerprint density at radius 1 is 1.24 bits per heavy atom. The molecule has 2 aromatic rings. The normalized spacial score (nSPS) is 17.4. The van der Waals surface area contributed by atoms with Crippen LogP contribution in [0.2, 0.25) is 5.02 Å². The maximum Gasteiger partial charge on any atom is 0.148 e. The molecule has 4 heteroatoms. The highest BCUT2D eigenvalue weighted by Crippen LogP contribution is 2.35. The van der Waals surface area contributed by atoms with E-state index in [1.165, 1.54) is 6.07 Å². The molecule has 1 aliphatic rings. The lowest BCUT2D eigenvalue weighted by Gasteiger charge is -2.23. The van der Waals surface area contributed by atoms with Crippen LogP contribution < -0.4 is 4.74 Å². The van der Waals surface area contributed by atoms with Crippen molar-refractivity contribution in [2.75, 3.05) is 0 Å². The molecule has 1 atom stereocenters. The summed E-state index contributed by atoms with van der Waals surface area (Å²) in [4.78, 5) is 0. The van der Waals surface area contributed by atoms with Gasteiger partial charge < -0.3 is 9.84 Å². The highest BCUT2D eigenvalue weighted by molar-refractivity contribution is 6.30. The maximum atomic E-state index is 13.9. The van der Waals surface area contributed by atoms with Gasteiger partial charge in [0, 0.05) is 5.56 Å². The van der Waals surface area contributed by atoms with Crippen molar-refractivity contribution in [3.05, 3.63) is 63.9 Å². The number of aliphatic hydroxyl groups excluding tert-OH is 1. The molecular formula is C17H16ClFO2. The Labute approximate surface area is 128 Å². The molecule has 0 radical (unpaired) electrons. The van der Waals surface area contributed by atoms with Gasteiger partial charge in [-0.1, -0.05) is 35.9 Å². The molecule has 0 bridgehead atoms. The van der Waals surface area contributed by atoms with E-state index >= 15 is 0 Å². The van der Waals surface area contributed by atoms with Gasteiger partial charge in [-0.25, -0.2) is 4.39 Å². The Morgan fingerprint density at radius 2 is 2.05 bits per heavy atom. The quantitative estimate of drug-likeness (QED) is 0.909. The lowest BCUT2D eigenvalue weighted by Crippen LogP contribution is -2.11. The molecule has 0 heterocycles. The fourth-order valence-corrected chi connectivity index (χ4v) is 2.93. The Hall–Kier alpha value is -1.58. The van der Waals surface area contributed by atoms with E-state index in [0.29, 0.717) is 11.3 Å². The second-order valence-corrected chi connectivity index (χ2v) is 5.64. The zero-order valence-electron chi connectivity index (χ0n) is 11.5. The van der Waals surface area contributed by atoms with Crippen LogP contribution in [0.5, 0.6) is 5.75 Å². The molecule has 0 saturated carbocycles. The number of aliphatic hydroxyl groups is 1. The molecule has 0 spiro atoms. The molecular weight excluding hydrogens is 291 g/mol. The Kier molecular flexibility index (Phi) is 4.13. The molecule has 0 aliphatic heterocycles. The largest absolute Gasteiger partial charge is 0.489 e. The second kappa shape index (κ2) is 6.04. The van der Waals surface area contributed by atoms with E-state index < -0.39 is 11.9 Å². The number of benzene rings is 2. The smallest absolute Gasteiger partial charge is 0.148 e. The number of rotatable bonds is 3. The van der Waals surface area contributed by atoms with Gasteiger partial charge in [0.25, 0.3) is 0 Å². The molecule has 2 nitrogen and oxygen atoms in total. The lowest BCUT2D eigenvalue weighted by atomic mass is 9.89. The third kappa shape index (κ3) is 2.89. The van der Waals surface area contributed by atoms with E-state index in [1.807, 2.05) is 18.2 Å². The van der Waals surface area contributed by atoms with Gasteiger partial charge in [0.2, 0.25) is 0 Å². The SMILES string of the molecule is OC1CCCc2c(OCc3cccc(Cl)c3F)cccc21. The number of hydrogen-bond donors (Lipinski definition) is 1.